The molecule has 2 N–H and O–H groups in total. The number of carbonyl (C=O) groups excluding carboxylic acids is 2. The molecule has 1 unspecified atom stereocenters. The first-order valence-corrected chi connectivity index (χ1v) is 6.73. The van der Waals surface area contributed by atoms with Gasteiger partial charge in [-0.3, -0.25) is 9.59 Å². The summed E-state index contributed by atoms with van der Waals surface area (Å²) in [6.07, 6.45) is 0.706. The number of likely N-dealkylation sites (tertiary alicyclic amines) is 1. The third-order valence-electron chi connectivity index (χ3n) is 4.14. The molecule has 0 spiro atoms. The highest BCUT2D eigenvalue weighted by molar-refractivity contribution is 5.85. The molecule has 2 rings (SSSR count). The van der Waals surface area contributed by atoms with E-state index in [1.165, 1.54) is 0 Å². The van der Waals surface area contributed by atoms with Crippen LogP contribution in [0.4, 0.5) is 0 Å². The average molecular weight is 269 g/mol. The number of hydrogen-bond acceptors (Lipinski definition) is 4. The van der Waals surface area contributed by atoms with Gasteiger partial charge in [-0.05, 0) is 20.3 Å². The van der Waals surface area contributed by atoms with Gasteiger partial charge in [-0.1, -0.05) is 0 Å². The Morgan fingerprint density at radius 2 is 2.05 bits per heavy atom. The van der Waals surface area contributed by atoms with Gasteiger partial charge in [0.05, 0.1) is 11.0 Å². The van der Waals surface area contributed by atoms with Crippen LogP contribution in [0, 0.1) is 5.41 Å². The van der Waals surface area contributed by atoms with Crippen molar-refractivity contribution in [3.8, 4) is 0 Å². The Morgan fingerprint density at radius 3 is 2.58 bits per heavy atom. The molecule has 0 aliphatic carbocycles. The van der Waals surface area contributed by atoms with Gasteiger partial charge in [-0.25, -0.2) is 0 Å². The largest absolute Gasteiger partial charge is 0.363 e. The maximum absolute atomic E-state index is 12.1. The van der Waals surface area contributed by atoms with Crippen LogP contribution in [0.3, 0.4) is 0 Å². The van der Waals surface area contributed by atoms with Gasteiger partial charge in [-0.15, -0.1) is 0 Å². The fourth-order valence-corrected chi connectivity index (χ4v) is 2.57. The third-order valence-corrected chi connectivity index (χ3v) is 4.14. The molecule has 2 saturated heterocycles. The number of ether oxygens (including phenoxy) is 1. The van der Waals surface area contributed by atoms with E-state index in [0.29, 0.717) is 19.5 Å². The first-order chi connectivity index (χ1) is 8.88. The van der Waals surface area contributed by atoms with Crippen LogP contribution in [-0.2, 0) is 14.3 Å². The number of rotatable bonds is 4. The molecule has 19 heavy (non-hydrogen) atoms. The standard InChI is InChI=1S/C13H23N3O3/c1-12(11(18)14-3)4-5-16(9-12)10(17)6-19-13(2)7-15-8-13/h15H,4-9H2,1-3H3,(H,14,18). The van der Waals surface area contributed by atoms with Gasteiger partial charge in [0.2, 0.25) is 11.8 Å². The summed E-state index contributed by atoms with van der Waals surface area (Å²) in [7, 11) is 1.63. The number of carbonyl (C=O) groups is 2. The maximum atomic E-state index is 12.1. The predicted octanol–water partition coefficient (Wildman–Crippen LogP) is -0.650. The van der Waals surface area contributed by atoms with Crippen molar-refractivity contribution in [3.63, 3.8) is 0 Å². The molecular formula is C13H23N3O3. The first kappa shape index (κ1) is 14.3. The van der Waals surface area contributed by atoms with Gasteiger partial charge in [0.15, 0.2) is 0 Å². The van der Waals surface area contributed by atoms with Gasteiger partial charge < -0.3 is 20.3 Å². The zero-order valence-corrected chi connectivity index (χ0v) is 11.9. The Labute approximate surface area is 113 Å². The normalized spacial score (nSPS) is 28.9. The minimum Gasteiger partial charge on any atom is -0.363 e. The highest BCUT2D eigenvalue weighted by atomic mass is 16.5. The quantitative estimate of drug-likeness (QED) is 0.711. The summed E-state index contributed by atoms with van der Waals surface area (Å²) in [5, 5.41) is 5.79. The van der Waals surface area contributed by atoms with Gasteiger partial charge >= 0.3 is 0 Å². The summed E-state index contributed by atoms with van der Waals surface area (Å²) in [6, 6.07) is 0. The summed E-state index contributed by atoms with van der Waals surface area (Å²) in [4.78, 5) is 25.6. The Morgan fingerprint density at radius 1 is 1.37 bits per heavy atom. The Kier molecular flexibility index (Phi) is 3.82. The van der Waals surface area contributed by atoms with E-state index in [-0.39, 0.29) is 24.0 Å². The molecule has 0 bridgehead atoms. The van der Waals surface area contributed by atoms with Crippen LogP contribution < -0.4 is 10.6 Å². The first-order valence-electron chi connectivity index (χ1n) is 6.73. The number of nitrogens with zero attached hydrogens (tertiary/aromatic N) is 1. The van der Waals surface area contributed by atoms with Gasteiger partial charge in [0.1, 0.15) is 6.61 Å². The molecule has 2 aliphatic heterocycles. The van der Waals surface area contributed by atoms with Crippen LogP contribution in [0.25, 0.3) is 0 Å². The van der Waals surface area contributed by atoms with E-state index in [1.807, 2.05) is 13.8 Å². The van der Waals surface area contributed by atoms with E-state index in [0.717, 1.165) is 13.1 Å². The second-order valence-electron chi connectivity index (χ2n) is 6.05. The van der Waals surface area contributed by atoms with Crippen molar-refractivity contribution in [1.29, 1.82) is 0 Å². The summed E-state index contributed by atoms with van der Waals surface area (Å²) in [5.41, 5.74) is -0.675. The SMILES string of the molecule is CNC(=O)C1(C)CCN(C(=O)COC2(C)CNC2)C1. The molecule has 0 saturated carbocycles. The van der Waals surface area contributed by atoms with Crippen molar-refractivity contribution in [2.24, 2.45) is 5.41 Å². The molecule has 108 valence electrons. The van der Waals surface area contributed by atoms with Gasteiger partial charge in [0.25, 0.3) is 0 Å². The molecule has 6 nitrogen and oxygen atoms in total. The molecule has 0 aromatic heterocycles. The number of amides is 2. The molecule has 0 aromatic rings. The van der Waals surface area contributed by atoms with Crippen LogP contribution in [-0.4, -0.2) is 62.1 Å². The fraction of sp³-hybridized carbons (Fsp3) is 0.846. The van der Waals surface area contributed by atoms with Crippen molar-refractivity contribution >= 4 is 11.8 Å². The second-order valence-corrected chi connectivity index (χ2v) is 6.05. The number of hydrogen-bond donors (Lipinski definition) is 2. The molecule has 0 aromatic carbocycles. The van der Waals surface area contributed by atoms with Crippen LogP contribution in [0.1, 0.15) is 20.3 Å². The predicted molar refractivity (Wildman–Crippen MR) is 70.6 cm³/mol. The van der Waals surface area contributed by atoms with Crippen molar-refractivity contribution < 1.29 is 14.3 Å². The Bertz CT molecular complexity index is 381. The maximum Gasteiger partial charge on any atom is 0.248 e. The van der Waals surface area contributed by atoms with Crippen molar-refractivity contribution in [2.45, 2.75) is 25.9 Å². The summed E-state index contributed by atoms with van der Waals surface area (Å²) in [5.74, 6) is -0.0281. The smallest absolute Gasteiger partial charge is 0.248 e. The van der Waals surface area contributed by atoms with Gasteiger partial charge in [0, 0.05) is 33.2 Å². The summed E-state index contributed by atoms with van der Waals surface area (Å²) < 4.78 is 5.64. The molecule has 2 fully saturated rings. The highest BCUT2D eigenvalue weighted by Gasteiger charge is 2.42. The van der Waals surface area contributed by atoms with Crippen LogP contribution in [0.15, 0.2) is 0 Å². The molecule has 2 aliphatic rings. The zero-order chi connectivity index (χ0) is 14.1. The lowest BCUT2D eigenvalue weighted by Gasteiger charge is -2.39. The topological polar surface area (TPSA) is 70.7 Å². The van der Waals surface area contributed by atoms with Crippen LogP contribution in [0.5, 0.6) is 0 Å². The van der Waals surface area contributed by atoms with E-state index in [9.17, 15) is 9.59 Å². The van der Waals surface area contributed by atoms with Crippen molar-refractivity contribution in [1.82, 2.24) is 15.5 Å². The molecular weight excluding hydrogens is 246 g/mol. The van der Waals surface area contributed by atoms with Crippen molar-refractivity contribution in [2.75, 3.05) is 39.8 Å². The lowest BCUT2D eigenvalue weighted by molar-refractivity contribution is -0.145. The van der Waals surface area contributed by atoms with E-state index >= 15 is 0 Å². The summed E-state index contributed by atoms with van der Waals surface area (Å²) in [6.45, 7) is 6.67. The van der Waals surface area contributed by atoms with Gasteiger partial charge in [-0.2, -0.15) is 0 Å². The van der Waals surface area contributed by atoms with Crippen LogP contribution in [0.2, 0.25) is 0 Å². The molecule has 0 radical (unpaired) electrons. The van der Waals surface area contributed by atoms with Crippen LogP contribution >= 0.6 is 0 Å². The third kappa shape index (κ3) is 2.90. The number of nitrogens with one attached hydrogen (secondary N) is 2. The Balaban J connectivity index is 1.83. The minimum atomic E-state index is -0.466. The monoisotopic (exact) mass is 269 g/mol. The molecule has 1 atom stereocenters. The highest BCUT2D eigenvalue weighted by Crippen LogP contribution is 2.30. The molecule has 2 amide bonds. The molecule has 6 heteroatoms. The van der Waals surface area contributed by atoms with E-state index < -0.39 is 5.41 Å². The zero-order valence-electron chi connectivity index (χ0n) is 11.9. The Hall–Kier alpha value is -1.14. The minimum absolute atomic E-state index is 0.00104. The second kappa shape index (κ2) is 5.09. The van der Waals surface area contributed by atoms with E-state index in [1.54, 1.807) is 11.9 Å². The summed E-state index contributed by atoms with van der Waals surface area (Å²) >= 11 is 0. The fourth-order valence-electron chi connectivity index (χ4n) is 2.57. The lowest BCUT2D eigenvalue weighted by Crippen LogP contribution is -2.59. The lowest BCUT2D eigenvalue weighted by atomic mass is 9.89. The van der Waals surface area contributed by atoms with Crippen molar-refractivity contribution in [3.05, 3.63) is 0 Å². The van der Waals surface area contributed by atoms with E-state index in [4.69, 9.17) is 4.74 Å². The molecule has 2 heterocycles. The van der Waals surface area contributed by atoms with E-state index in [2.05, 4.69) is 10.6 Å². The average Bonchev–Trinajstić information content (AvgIpc) is 2.76.